The third-order valence-corrected chi connectivity index (χ3v) is 5.11. The van der Waals surface area contributed by atoms with Gasteiger partial charge in [0.05, 0.1) is 5.60 Å². The Kier molecular flexibility index (Phi) is 7.75. The lowest BCUT2D eigenvalue weighted by molar-refractivity contribution is 0.119. The van der Waals surface area contributed by atoms with Crippen LogP contribution >= 0.6 is 8.45 Å². The Labute approximate surface area is 103 Å². The monoisotopic (exact) mass is 248 g/mol. The van der Waals surface area contributed by atoms with Gasteiger partial charge in [0, 0.05) is 26.2 Å². The van der Waals surface area contributed by atoms with E-state index >= 15 is 0 Å². The van der Waals surface area contributed by atoms with Gasteiger partial charge in [-0.3, -0.25) is 0 Å². The summed E-state index contributed by atoms with van der Waals surface area (Å²) in [6, 6.07) is 0. The smallest absolute Gasteiger partial charge is 0.188 e. The molecule has 0 heterocycles. The maximum absolute atomic E-state index is 6.24. The number of nitrogens with zero attached hydrogens (tertiary/aromatic N) is 2. The first-order valence-electron chi connectivity index (χ1n) is 6.38. The quantitative estimate of drug-likeness (QED) is 0.639. The first-order valence-corrected chi connectivity index (χ1v) is 7.55. The van der Waals surface area contributed by atoms with Crippen LogP contribution in [-0.4, -0.2) is 41.1 Å². The minimum Gasteiger partial charge on any atom is -0.326 e. The van der Waals surface area contributed by atoms with E-state index in [0.29, 0.717) is 0 Å². The maximum atomic E-state index is 6.24. The topological polar surface area (TPSA) is 15.7 Å². The maximum Gasteiger partial charge on any atom is 0.188 e. The predicted molar refractivity (Wildman–Crippen MR) is 73.6 cm³/mol. The highest BCUT2D eigenvalue weighted by Crippen LogP contribution is 2.48. The molecule has 0 N–H and O–H groups in total. The van der Waals surface area contributed by atoms with Crippen molar-refractivity contribution in [2.24, 2.45) is 0 Å². The van der Waals surface area contributed by atoms with Crippen molar-refractivity contribution >= 4 is 8.45 Å². The molecule has 0 aliphatic carbocycles. The van der Waals surface area contributed by atoms with Crippen molar-refractivity contribution in [3.8, 4) is 0 Å². The highest BCUT2D eigenvalue weighted by molar-refractivity contribution is 7.47. The summed E-state index contributed by atoms with van der Waals surface area (Å²) in [6.45, 7) is 19.4. The zero-order valence-corrected chi connectivity index (χ0v) is 13.0. The predicted octanol–water partition coefficient (Wildman–Crippen LogP) is 3.71. The van der Waals surface area contributed by atoms with Crippen LogP contribution in [0.25, 0.3) is 0 Å². The van der Waals surface area contributed by atoms with Gasteiger partial charge in [-0.05, 0) is 20.8 Å². The van der Waals surface area contributed by atoms with Gasteiger partial charge in [-0.15, -0.1) is 0 Å². The first-order chi connectivity index (χ1) is 7.39. The lowest BCUT2D eigenvalue weighted by Crippen LogP contribution is -2.33. The molecule has 0 aliphatic heterocycles. The van der Waals surface area contributed by atoms with Crippen molar-refractivity contribution in [2.45, 2.75) is 54.1 Å². The Balaban J connectivity index is 4.73. The van der Waals surface area contributed by atoms with Crippen LogP contribution in [0.15, 0.2) is 0 Å². The van der Waals surface area contributed by atoms with E-state index in [1.54, 1.807) is 0 Å². The lowest BCUT2D eigenvalue weighted by atomic mass is 10.2. The van der Waals surface area contributed by atoms with Gasteiger partial charge in [0.2, 0.25) is 0 Å². The Bertz CT molecular complexity index is 162. The molecule has 0 fully saturated rings. The zero-order valence-electron chi connectivity index (χ0n) is 12.1. The Morgan fingerprint density at radius 3 is 1.31 bits per heavy atom. The Morgan fingerprint density at radius 1 is 0.812 bits per heavy atom. The molecule has 0 aromatic heterocycles. The molecule has 0 aliphatic rings. The van der Waals surface area contributed by atoms with Crippen LogP contribution in [0.3, 0.4) is 0 Å². The summed E-state index contributed by atoms with van der Waals surface area (Å²) in [5.41, 5.74) is -0.0725. The van der Waals surface area contributed by atoms with Crippen LogP contribution in [0.1, 0.15) is 48.5 Å². The van der Waals surface area contributed by atoms with Gasteiger partial charge in [-0.1, -0.05) is 27.7 Å². The Hall–Kier alpha value is 0.310. The molecule has 0 rings (SSSR count). The fourth-order valence-corrected chi connectivity index (χ4v) is 3.52. The SMILES string of the molecule is CCN(CC)P(OC(C)(C)C)N(CC)CC. The molecule has 0 unspecified atom stereocenters. The third-order valence-electron chi connectivity index (χ3n) is 2.30. The molecule has 16 heavy (non-hydrogen) atoms. The standard InChI is InChI=1S/C12H29N2OP/c1-8-13(9-2)16(14(10-3)11-4)15-12(5,6)7/h8-11H2,1-7H3. The summed E-state index contributed by atoms with van der Waals surface area (Å²) in [5.74, 6) is 0. The first kappa shape index (κ1) is 16.3. The molecule has 98 valence electrons. The molecule has 0 spiro atoms. The lowest BCUT2D eigenvalue weighted by Gasteiger charge is -2.39. The third kappa shape index (κ3) is 5.58. The van der Waals surface area contributed by atoms with Crippen molar-refractivity contribution in [3.05, 3.63) is 0 Å². The van der Waals surface area contributed by atoms with Crippen molar-refractivity contribution in [2.75, 3.05) is 26.2 Å². The Morgan fingerprint density at radius 2 is 1.12 bits per heavy atom. The van der Waals surface area contributed by atoms with Gasteiger partial charge >= 0.3 is 0 Å². The van der Waals surface area contributed by atoms with Crippen molar-refractivity contribution < 1.29 is 4.52 Å². The van der Waals surface area contributed by atoms with E-state index in [4.69, 9.17) is 4.52 Å². The zero-order chi connectivity index (χ0) is 12.8. The van der Waals surface area contributed by atoms with Crippen molar-refractivity contribution in [1.82, 2.24) is 9.34 Å². The minimum absolute atomic E-state index is 0.0725. The largest absolute Gasteiger partial charge is 0.326 e. The van der Waals surface area contributed by atoms with E-state index in [9.17, 15) is 0 Å². The molecule has 0 radical (unpaired) electrons. The van der Waals surface area contributed by atoms with Crippen LogP contribution in [-0.2, 0) is 4.52 Å². The van der Waals surface area contributed by atoms with Gasteiger partial charge in [0.25, 0.3) is 0 Å². The summed E-state index contributed by atoms with van der Waals surface area (Å²) in [4.78, 5) is 0. The van der Waals surface area contributed by atoms with E-state index in [-0.39, 0.29) is 5.60 Å². The van der Waals surface area contributed by atoms with Gasteiger partial charge in [0.1, 0.15) is 0 Å². The summed E-state index contributed by atoms with van der Waals surface area (Å²) in [7, 11) is -0.609. The number of hydrogen-bond donors (Lipinski definition) is 0. The fourth-order valence-electron chi connectivity index (χ4n) is 1.47. The van der Waals surface area contributed by atoms with E-state index in [1.807, 2.05) is 0 Å². The normalized spacial score (nSPS) is 13.1. The molecule has 0 atom stereocenters. The van der Waals surface area contributed by atoms with Crippen LogP contribution in [0, 0.1) is 0 Å². The van der Waals surface area contributed by atoms with E-state index < -0.39 is 8.45 Å². The second kappa shape index (κ2) is 7.60. The minimum atomic E-state index is -0.609. The molecule has 3 nitrogen and oxygen atoms in total. The van der Waals surface area contributed by atoms with Crippen LogP contribution in [0.5, 0.6) is 0 Å². The highest BCUT2D eigenvalue weighted by Gasteiger charge is 2.28. The molecule has 0 saturated carbocycles. The summed E-state index contributed by atoms with van der Waals surface area (Å²) >= 11 is 0. The van der Waals surface area contributed by atoms with Crippen molar-refractivity contribution in [3.63, 3.8) is 0 Å². The molecule has 0 aromatic carbocycles. The second-order valence-electron chi connectivity index (χ2n) is 4.73. The molecule has 0 saturated heterocycles. The highest BCUT2D eigenvalue weighted by atomic mass is 31.2. The van der Waals surface area contributed by atoms with Gasteiger partial charge in [-0.2, -0.15) is 0 Å². The van der Waals surface area contributed by atoms with E-state index in [2.05, 4.69) is 57.8 Å². The fraction of sp³-hybridized carbons (Fsp3) is 1.00. The average Bonchev–Trinajstić information content (AvgIpc) is 2.19. The average molecular weight is 248 g/mol. The van der Waals surface area contributed by atoms with E-state index in [0.717, 1.165) is 26.2 Å². The summed E-state index contributed by atoms with van der Waals surface area (Å²) < 4.78 is 11.1. The molecular weight excluding hydrogens is 219 g/mol. The second-order valence-corrected chi connectivity index (χ2v) is 6.55. The van der Waals surface area contributed by atoms with Crippen LogP contribution < -0.4 is 0 Å². The summed E-state index contributed by atoms with van der Waals surface area (Å²) in [6.07, 6.45) is 0. The molecule has 4 heteroatoms. The molecule has 0 amide bonds. The molecule has 0 bridgehead atoms. The number of hydrogen-bond acceptors (Lipinski definition) is 3. The van der Waals surface area contributed by atoms with Crippen LogP contribution in [0.4, 0.5) is 0 Å². The molecule has 0 aromatic rings. The van der Waals surface area contributed by atoms with Crippen molar-refractivity contribution in [1.29, 1.82) is 0 Å². The van der Waals surface area contributed by atoms with Gasteiger partial charge in [-0.25, -0.2) is 9.34 Å². The van der Waals surface area contributed by atoms with Crippen LogP contribution in [0.2, 0.25) is 0 Å². The number of rotatable bonds is 7. The van der Waals surface area contributed by atoms with E-state index in [1.165, 1.54) is 0 Å². The summed E-state index contributed by atoms with van der Waals surface area (Å²) in [5, 5.41) is 0. The van der Waals surface area contributed by atoms with Gasteiger partial charge < -0.3 is 4.52 Å². The van der Waals surface area contributed by atoms with Gasteiger partial charge in [0.15, 0.2) is 8.45 Å². The molecular formula is C12H29N2OP.